The molecule has 0 aliphatic carbocycles. The Kier molecular flexibility index (Phi) is 12.8. The number of carbonyl (C=O) groups is 1. The Balaban J connectivity index is 0.000000318. The SMILES string of the molecule is NC(N)=N/N=C/c1cc(N)ccc1O.NC(N)=N/N=C/c1cc([N+](=O)[O-])ccc1O.O=Cc1cc([N+](=O)[O-])ccc1O. The lowest BCUT2D eigenvalue weighted by Crippen LogP contribution is -2.21. The van der Waals surface area contributed by atoms with Gasteiger partial charge in [-0.2, -0.15) is 10.2 Å². The van der Waals surface area contributed by atoms with Crippen LogP contribution in [0.5, 0.6) is 17.2 Å². The van der Waals surface area contributed by atoms with E-state index < -0.39 is 9.85 Å². The van der Waals surface area contributed by atoms with Crippen molar-refractivity contribution in [3.05, 3.63) is 91.5 Å². The minimum atomic E-state index is -0.633. The molecule has 3 rings (SSSR count). The van der Waals surface area contributed by atoms with E-state index in [1.165, 1.54) is 24.4 Å². The monoisotopic (exact) mass is 583 g/mol. The van der Waals surface area contributed by atoms with Crippen LogP contribution >= 0.6 is 0 Å². The zero-order valence-electron chi connectivity index (χ0n) is 21.4. The number of carbonyl (C=O) groups excluding carboxylic acids is 1. The van der Waals surface area contributed by atoms with Crippen LogP contribution in [0.4, 0.5) is 17.1 Å². The molecule has 0 unspecified atom stereocenters. The van der Waals surface area contributed by atoms with Gasteiger partial charge < -0.3 is 44.0 Å². The van der Waals surface area contributed by atoms with E-state index in [0.29, 0.717) is 17.5 Å². The van der Waals surface area contributed by atoms with Gasteiger partial charge in [0, 0.05) is 41.1 Å². The van der Waals surface area contributed by atoms with Crippen molar-refractivity contribution < 1.29 is 30.0 Å². The molecule has 0 atom stereocenters. The fraction of sp³-hybridized carbons (Fsp3) is 0. The topological polar surface area (TPSA) is 344 Å². The van der Waals surface area contributed by atoms with Gasteiger partial charge in [-0.3, -0.25) is 25.0 Å². The third kappa shape index (κ3) is 11.7. The van der Waals surface area contributed by atoms with Crippen LogP contribution in [0.2, 0.25) is 0 Å². The molecule has 3 aromatic rings. The molecule has 42 heavy (non-hydrogen) atoms. The molecule has 3 aromatic carbocycles. The van der Waals surface area contributed by atoms with Gasteiger partial charge in [0.15, 0.2) is 6.29 Å². The number of nitrogen functional groups attached to an aromatic ring is 1. The van der Waals surface area contributed by atoms with E-state index in [4.69, 9.17) is 33.8 Å². The van der Waals surface area contributed by atoms with Crippen LogP contribution in [0.3, 0.4) is 0 Å². The molecule has 13 N–H and O–H groups in total. The molecular formula is C23H25N11O8. The third-order valence-electron chi connectivity index (χ3n) is 4.36. The molecule has 220 valence electrons. The zero-order valence-corrected chi connectivity index (χ0v) is 21.4. The predicted molar refractivity (Wildman–Crippen MR) is 154 cm³/mol. The summed E-state index contributed by atoms with van der Waals surface area (Å²) in [6.45, 7) is 0. The molecule has 0 amide bonds. The van der Waals surface area contributed by atoms with E-state index in [1.807, 2.05) is 0 Å². The first-order valence-corrected chi connectivity index (χ1v) is 11.0. The smallest absolute Gasteiger partial charge is 0.270 e. The summed E-state index contributed by atoms with van der Waals surface area (Å²) in [5, 5.41) is 62.0. The van der Waals surface area contributed by atoms with Crippen molar-refractivity contribution in [2.45, 2.75) is 0 Å². The minimum Gasteiger partial charge on any atom is -0.507 e. The molecule has 0 heterocycles. The number of guanidine groups is 2. The van der Waals surface area contributed by atoms with E-state index in [1.54, 1.807) is 12.1 Å². The van der Waals surface area contributed by atoms with Gasteiger partial charge in [-0.05, 0) is 30.3 Å². The number of rotatable bonds is 7. The standard InChI is InChI=1S/C8H9N5O3.C8H11N5O.C7H5NO4/c9-8(10)12-11-4-5-3-6(13(15)16)1-2-7(5)14;9-6-1-2-7(14)5(3-6)4-12-13-8(10)11;9-4-5-3-6(8(11)12)1-2-7(5)10/h1-4,14H,(H4,9,10,12);1-4,14H,9H2,(H4,10,11,13);1-4,10H/b11-4+;12-4+;. The molecule has 0 saturated heterocycles. The first-order valence-electron chi connectivity index (χ1n) is 11.0. The second-order valence-corrected chi connectivity index (χ2v) is 7.48. The predicted octanol–water partition coefficient (Wildman–Crippen LogP) is 0.602. The van der Waals surface area contributed by atoms with Crippen LogP contribution in [0.25, 0.3) is 0 Å². The average Bonchev–Trinajstić information content (AvgIpc) is 2.92. The second-order valence-electron chi connectivity index (χ2n) is 7.48. The van der Waals surface area contributed by atoms with Crippen molar-refractivity contribution in [2.75, 3.05) is 5.73 Å². The molecule has 0 saturated carbocycles. The molecule has 0 radical (unpaired) electrons. The van der Waals surface area contributed by atoms with Gasteiger partial charge in [-0.1, -0.05) is 0 Å². The van der Waals surface area contributed by atoms with Gasteiger partial charge in [0.2, 0.25) is 11.9 Å². The van der Waals surface area contributed by atoms with Crippen LogP contribution in [-0.4, -0.2) is 55.8 Å². The number of aromatic hydroxyl groups is 3. The quantitative estimate of drug-likeness (QED) is 0.0359. The maximum absolute atomic E-state index is 10.5. The van der Waals surface area contributed by atoms with Crippen LogP contribution in [0.1, 0.15) is 21.5 Å². The van der Waals surface area contributed by atoms with E-state index in [2.05, 4.69) is 20.4 Å². The number of phenolic OH excluding ortho intramolecular Hbond substituents is 3. The number of benzene rings is 3. The Bertz CT molecular complexity index is 1550. The Labute approximate surface area is 235 Å². The highest BCUT2D eigenvalue weighted by molar-refractivity contribution is 5.86. The van der Waals surface area contributed by atoms with E-state index in [9.17, 15) is 35.2 Å². The number of anilines is 1. The number of nitrogens with two attached hydrogens (primary N) is 5. The van der Waals surface area contributed by atoms with Gasteiger partial charge in [0.05, 0.1) is 27.8 Å². The summed E-state index contributed by atoms with van der Waals surface area (Å²) in [6, 6.07) is 11.4. The normalized spacial score (nSPS) is 10.0. The number of phenols is 3. The molecule has 19 heteroatoms. The van der Waals surface area contributed by atoms with Crippen molar-refractivity contribution >= 4 is 47.7 Å². The van der Waals surface area contributed by atoms with Gasteiger partial charge >= 0.3 is 0 Å². The summed E-state index contributed by atoms with van der Waals surface area (Å²) < 4.78 is 0. The molecular weight excluding hydrogens is 558 g/mol. The Hall–Kier alpha value is -6.79. The highest BCUT2D eigenvalue weighted by atomic mass is 16.6. The van der Waals surface area contributed by atoms with Crippen LogP contribution in [0.15, 0.2) is 75.0 Å². The Morgan fingerprint density at radius 2 is 1.05 bits per heavy atom. The summed E-state index contributed by atoms with van der Waals surface area (Å²) in [4.78, 5) is 29.6. The molecule has 0 bridgehead atoms. The van der Waals surface area contributed by atoms with Gasteiger partial charge in [-0.25, -0.2) is 0 Å². The summed E-state index contributed by atoms with van der Waals surface area (Å²) >= 11 is 0. The third-order valence-corrected chi connectivity index (χ3v) is 4.36. The fourth-order valence-corrected chi connectivity index (χ4v) is 2.50. The van der Waals surface area contributed by atoms with Gasteiger partial charge in [0.1, 0.15) is 17.2 Å². The fourth-order valence-electron chi connectivity index (χ4n) is 2.50. The molecule has 0 aliphatic rings. The Morgan fingerprint density at radius 1 is 0.667 bits per heavy atom. The van der Waals surface area contributed by atoms with Crippen LogP contribution in [0, 0.1) is 20.2 Å². The largest absolute Gasteiger partial charge is 0.507 e. The van der Waals surface area contributed by atoms with Crippen LogP contribution in [-0.2, 0) is 0 Å². The number of nitro benzene ring substituents is 2. The second kappa shape index (κ2) is 16.2. The maximum atomic E-state index is 10.5. The molecule has 0 aliphatic heterocycles. The van der Waals surface area contributed by atoms with Gasteiger partial charge in [0.25, 0.3) is 11.4 Å². The van der Waals surface area contributed by atoms with Crippen molar-refractivity contribution in [3.8, 4) is 17.2 Å². The lowest BCUT2D eigenvalue weighted by molar-refractivity contribution is -0.385. The number of aldehydes is 1. The minimum absolute atomic E-state index is 0.0637. The summed E-state index contributed by atoms with van der Waals surface area (Å²) in [6.07, 6.45) is 2.79. The van der Waals surface area contributed by atoms with Gasteiger partial charge in [-0.15, -0.1) is 10.2 Å². The van der Waals surface area contributed by atoms with Crippen molar-refractivity contribution in [2.24, 2.45) is 43.3 Å². The van der Waals surface area contributed by atoms with Crippen molar-refractivity contribution in [1.29, 1.82) is 0 Å². The number of non-ortho nitro benzene ring substituents is 2. The van der Waals surface area contributed by atoms with E-state index >= 15 is 0 Å². The number of nitrogens with zero attached hydrogens (tertiary/aromatic N) is 6. The molecule has 0 aromatic heterocycles. The lowest BCUT2D eigenvalue weighted by atomic mass is 10.2. The first kappa shape index (κ1) is 33.2. The average molecular weight is 584 g/mol. The number of hydrogen-bond acceptors (Lipinski definition) is 13. The van der Waals surface area contributed by atoms with E-state index in [0.717, 1.165) is 30.5 Å². The maximum Gasteiger partial charge on any atom is 0.270 e. The molecule has 0 fully saturated rings. The summed E-state index contributed by atoms with van der Waals surface area (Å²) in [7, 11) is 0. The number of hydrogen-bond donors (Lipinski definition) is 8. The van der Waals surface area contributed by atoms with E-state index in [-0.39, 0.29) is 51.7 Å². The van der Waals surface area contributed by atoms with Crippen molar-refractivity contribution in [3.63, 3.8) is 0 Å². The highest BCUT2D eigenvalue weighted by Gasteiger charge is 2.09. The number of nitro groups is 2. The highest BCUT2D eigenvalue weighted by Crippen LogP contribution is 2.22. The molecule has 19 nitrogen and oxygen atoms in total. The molecule has 0 spiro atoms. The van der Waals surface area contributed by atoms with Crippen LogP contribution < -0.4 is 28.7 Å². The first-order chi connectivity index (χ1) is 19.7. The lowest BCUT2D eigenvalue weighted by Gasteiger charge is -1.98. The zero-order chi connectivity index (χ0) is 31.8. The Morgan fingerprint density at radius 3 is 1.45 bits per heavy atom. The summed E-state index contributed by atoms with van der Waals surface area (Å²) in [5.41, 5.74) is 26.3. The van der Waals surface area contributed by atoms with Crippen molar-refractivity contribution in [1.82, 2.24) is 0 Å². The summed E-state index contributed by atoms with van der Waals surface area (Å²) in [5.74, 6) is -0.740.